The van der Waals surface area contributed by atoms with Gasteiger partial charge in [0, 0.05) is 51.1 Å². The van der Waals surface area contributed by atoms with Gasteiger partial charge in [0.15, 0.2) is 5.82 Å². The van der Waals surface area contributed by atoms with Crippen molar-refractivity contribution < 1.29 is 18.0 Å². The predicted octanol–water partition coefficient (Wildman–Crippen LogP) is 1.78. The summed E-state index contributed by atoms with van der Waals surface area (Å²) >= 11 is 0. The van der Waals surface area contributed by atoms with E-state index < -0.39 is 23.5 Å². The van der Waals surface area contributed by atoms with E-state index in [1.165, 1.54) is 17.1 Å². The summed E-state index contributed by atoms with van der Waals surface area (Å²) in [5, 5.41) is 5.35. The van der Waals surface area contributed by atoms with Crippen LogP contribution in [-0.2, 0) is 0 Å². The zero-order valence-electron chi connectivity index (χ0n) is 17.0. The lowest BCUT2D eigenvalue weighted by Gasteiger charge is -2.37. The standard InChI is InChI=1S/C20H21F3N8O/c21-13-7-12(8-14(22)9-13)17-1-2-27-31(17)20(32)30-5-3-29(4-6-30)19-26-11-15(23)18(28-19)16(25)10-24/h2,7-11,17H,1,3-6,24-25H2/b16-10-/t17-/m0/s1. The number of anilines is 1. The Kier molecular flexibility index (Phi) is 5.84. The third-order valence-electron chi connectivity index (χ3n) is 5.31. The number of aromatic nitrogens is 2. The first-order valence-corrected chi connectivity index (χ1v) is 9.89. The molecule has 0 radical (unpaired) electrons. The first kappa shape index (κ1) is 21.4. The smallest absolute Gasteiger partial charge is 0.341 e. The van der Waals surface area contributed by atoms with E-state index in [9.17, 15) is 18.0 Å². The van der Waals surface area contributed by atoms with Crippen LogP contribution in [0, 0.1) is 17.5 Å². The van der Waals surface area contributed by atoms with Crippen molar-refractivity contribution in [1.29, 1.82) is 0 Å². The Hall–Kier alpha value is -3.83. The Bertz CT molecular complexity index is 1060. The summed E-state index contributed by atoms with van der Waals surface area (Å²) in [6.07, 6.45) is 3.98. The van der Waals surface area contributed by atoms with Crippen LogP contribution in [0.1, 0.15) is 23.7 Å². The quantitative estimate of drug-likeness (QED) is 0.743. The molecule has 168 valence electrons. The molecule has 4 N–H and O–H groups in total. The second kappa shape index (κ2) is 8.73. The second-order valence-electron chi connectivity index (χ2n) is 7.34. The van der Waals surface area contributed by atoms with E-state index in [4.69, 9.17) is 11.5 Å². The number of benzene rings is 1. The number of piperazine rings is 1. The molecule has 0 unspecified atom stereocenters. The third-order valence-corrected chi connectivity index (χ3v) is 5.31. The number of carbonyl (C=O) groups excluding carboxylic acids is 1. The fraction of sp³-hybridized carbons (Fsp3) is 0.300. The van der Waals surface area contributed by atoms with Crippen molar-refractivity contribution in [1.82, 2.24) is 19.9 Å². The predicted molar refractivity (Wildman–Crippen MR) is 112 cm³/mol. The summed E-state index contributed by atoms with van der Waals surface area (Å²) in [4.78, 5) is 24.6. The van der Waals surface area contributed by atoms with Crippen molar-refractivity contribution in [3.8, 4) is 0 Å². The van der Waals surface area contributed by atoms with E-state index >= 15 is 0 Å². The summed E-state index contributed by atoms with van der Waals surface area (Å²) in [5.41, 5.74) is 11.3. The van der Waals surface area contributed by atoms with Crippen LogP contribution in [-0.4, -0.2) is 58.3 Å². The molecule has 2 aliphatic heterocycles. The van der Waals surface area contributed by atoms with Gasteiger partial charge in [0.1, 0.15) is 17.3 Å². The van der Waals surface area contributed by atoms with Crippen molar-refractivity contribution in [2.24, 2.45) is 16.6 Å². The highest BCUT2D eigenvalue weighted by Gasteiger charge is 2.34. The molecular formula is C20H21F3N8O. The number of hydrazone groups is 1. The first-order chi connectivity index (χ1) is 15.4. The molecule has 1 fully saturated rings. The van der Waals surface area contributed by atoms with Gasteiger partial charge >= 0.3 is 6.03 Å². The normalized spacial score (nSPS) is 19.0. The van der Waals surface area contributed by atoms with Gasteiger partial charge in [0.2, 0.25) is 5.95 Å². The van der Waals surface area contributed by atoms with Crippen molar-refractivity contribution in [2.75, 3.05) is 31.1 Å². The molecule has 2 amide bonds. The molecular weight excluding hydrogens is 425 g/mol. The SMILES string of the molecule is N/C=C(\N)c1nc(N2CCN(C(=O)N3N=CC[C@H]3c3cc(F)cc(F)c3)CC2)ncc1F. The molecule has 1 aromatic heterocycles. The average molecular weight is 446 g/mol. The molecule has 32 heavy (non-hydrogen) atoms. The molecule has 2 aliphatic rings. The second-order valence-corrected chi connectivity index (χ2v) is 7.34. The Morgan fingerprint density at radius 1 is 1.09 bits per heavy atom. The fourth-order valence-corrected chi connectivity index (χ4v) is 3.68. The van der Waals surface area contributed by atoms with Crippen molar-refractivity contribution in [2.45, 2.75) is 12.5 Å². The Labute approximate surface area is 181 Å². The molecule has 1 saturated heterocycles. The summed E-state index contributed by atoms with van der Waals surface area (Å²) in [6, 6.07) is 2.23. The maximum Gasteiger partial charge on any atom is 0.341 e. The zero-order chi connectivity index (χ0) is 22.8. The van der Waals surface area contributed by atoms with Crippen molar-refractivity contribution >= 4 is 23.9 Å². The lowest BCUT2D eigenvalue weighted by molar-refractivity contribution is 0.139. The van der Waals surface area contributed by atoms with Gasteiger partial charge in [-0.1, -0.05) is 0 Å². The summed E-state index contributed by atoms with van der Waals surface area (Å²) < 4.78 is 41.2. The number of hydrogen-bond donors (Lipinski definition) is 2. The van der Waals surface area contributed by atoms with Gasteiger partial charge in [-0.05, 0) is 17.7 Å². The van der Waals surface area contributed by atoms with Gasteiger partial charge in [0.25, 0.3) is 0 Å². The summed E-state index contributed by atoms with van der Waals surface area (Å²) in [7, 11) is 0. The number of nitrogens with two attached hydrogens (primary N) is 2. The molecule has 0 bridgehead atoms. The van der Waals surface area contributed by atoms with Crippen LogP contribution in [0.15, 0.2) is 35.7 Å². The molecule has 0 aliphatic carbocycles. The van der Waals surface area contributed by atoms with E-state index in [2.05, 4.69) is 15.1 Å². The van der Waals surface area contributed by atoms with Crippen molar-refractivity contribution in [3.63, 3.8) is 0 Å². The number of hydrogen-bond acceptors (Lipinski definition) is 7. The van der Waals surface area contributed by atoms with E-state index in [1.807, 2.05) is 0 Å². The van der Waals surface area contributed by atoms with Gasteiger partial charge in [0.05, 0.1) is 17.9 Å². The number of rotatable bonds is 3. The van der Waals surface area contributed by atoms with E-state index in [0.717, 1.165) is 18.5 Å². The highest BCUT2D eigenvalue weighted by molar-refractivity contribution is 5.78. The minimum Gasteiger partial charge on any atom is -0.403 e. The fourth-order valence-electron chi connectivity index (χ4n) is 3.68. The number of nitrogens with zero attached hydrogens (tertiary/aromatic N) is 6. The summed E-state index contributed by atoms with van der Waals surface area (Å²) in [6.45, 7) is 1.43. The Balaban J connectivity index is 1.44. The monoisotopic (exact) mass is 446 g/mol. The van der Waals surface area contributed by atoms with Gasteiger partial charge in [-0.3, -0.25) is 0 Å². The van der Waals surface area contributed by atoms with Gasteiger partial charge in [-0.2, -0.15) is 5.10 Å². The molecule has 2 aromatic rings. The maximum absolute atomic E-state index is 13.9. The molecule has 12 heteroatoms. The van der Waals surface area contributed by atoms with Crippen LogP contribution in [0.3, 0.4) is 0 Å². The first-order valence-electron chi connectivity index (χ1n) is 9.89. The number of carbonyl (C=O) groups is 1. The van der Waals surface area contributed by atoms with Crippen LogP contribution < -0.4 is 16.4 Å². The summed E-state index contributed by atoms with van der Waals surface area (Å²) in [5.74, 6) is -1.84. The zero-order valence-corrected chi connectivity index (χ0v) is 17.0. The van der Waals surface area contributed by atoms with Crippen molar-refractivity contribution in [3.05, 3.63) is 59.3 Å². The van der Waals surface area contributed by atoms with Crippen LogP contribution in [0.5, 0.6) is 0 Å². The highest BCUT2D eigenvalue weighted by Crippen LogP contribution is 2.30. The topological polar surface area (TPSA) is 117 Å². The maximum atomic E-state index is 13.9. The van der Waals surface area contributed by atoms with Crippen LogP contribution in [0.25, 0.3) is 5.70 Å². The molecule has 1 atom stereocenters. The van der Waals surface area contributed by atoms with Crippen LogP contribution >= 0.6 is 0 Å². The van der Waals surface area contributed by atoms with E-state index in [-0.39, 0.29) is 23.4 Å². The lowest BCUT2D eigenvalue weighted by atomic mass is 10.0. The molecule has 0 saturated carbocycles. The molecule has 4 rings (SSSR count). The Morgan fingerprint density at radius 2 is 1.78 bits per heavy atom. The molecule has 0 spiro atoms. The largest absolute Gasteiger partial charge is 0.403 e. The minimum atomic E-state index is -0.711. The van der Waals surface area contributed by atoms with E-state index in [0.29, 0.717) is 38.2 Å². The van der Waals surface area contributed by atoms with Gasteiger partial charge in [-0.25, -0.2) is 32.9 Å². The number of amides is 2. The number of urea groups is 1. The molecule has 9 nitrogen and oxygen atoms in total. The molecule has 3 heterocycles. The lowest BCUT2D eigenvalue weighted by Crippen LogP contribution is -2.52. The Morgan fingerprint density at radius 3 is 2.44 bits per heavy atom. The number of halogens is 3. The van der Waals surface area contributed by atoms with Crippen LogP contribution in [0.4, 0.5) is 23.9 Å². The minimum absolute atomic E-state index is 0.00770. The van der Waals surface area contributed by atoms with Gasteiger partial charge in [-0.15, -0.1) is 0 Å². The van der Waals surface area contributed by atoms with Gasteiger partial charge < -0.3 is 21.3 Å². The highest BCUT2D eigenvalue weighted by atomic mass is 19.1. The van der Waals surface area contributed by atoms with Crippen LogP contribution in [0.2, 0.25) is 0 Å². The average Bonchev–Trinajstić information content (AvgIpc) is 3.28. The third kappa shape index (κ3) is 4.15. The molecule has 1 aromatic carbocycles. The van der Waals surface area contributed by atoms with E-state index in [1.54, 1.807) is 16.0 Å².